The lowest BCUT2D eigenvalue weighted by Gasteiger charge is -2.41. The van der Waals surface area contributed by atoms with Crippen LogP contribution in [0.15, 0.2) is 0 Å². The minimum Gasteiger partial charge on any atom is -0.481 e. The molecular weight excluding hydrogens is 244 g/mol. The number of carboxylic acids is 1. The molecule has 0 bridgehead atoms. The fraction of sp³-hybridized carbons (Fsp3) is 0.929. The molecule has 110 valence electrons. The molecule has 2 aliphatic heterocycles. The summed E-state index contributed by atoms with van der Waals surface area (Å²) in [6.07, 6.45) is 2.25. The molecule has 1 N–H and O–H groups in total. The van der Waals surface area contributed by atoms with Crippen molar-refractivity contribution in [1.82, 2.24) is 9.80 Å². The lowest BCUT2D eigenvalue weighted by atomic mass is 9.96. The number of ether oxygens (including phenoxy) is 1. The van der Waals surface area contributed by atoms with Gasteiger partial charge in [0, 0.05) is 18.1 Å². The predicted octanol–water partition coefficient (Wildman–Crippen LogP) is 0.891. The lowest BCUT2D eigenvalue weighted by Crippen LogP contribution is -2.51. The number of likely N-dealkylation sites (N-methyl/N-ethyl adjacent to an activating group) is 1. The standard InChI is InChI=1S/C14H26N2O3/c1-10(2)16-6-4-11(5-7-16)15(3)13-9-19-8-12(13)14(17)18/h10-13H,4-9H2,1-3H3,(H,17,18). The Morgan fingerprint density at radius 1 is 1.32 bits per heavy atom. The summed E-state index contributed by atoms with van der Waals surface area (Å²) in [5.74, 6) is -1.10. The fourth-order valence-corrected chi connectivity index (χ4v) is 3.26. The van der Waals surface area contributed by atoms with Crippen LogP contribution in [0.4, 0.5) is 0 Å². The van der Waals surface area contributed by atoms with Gasteiger partial charge in [-0.05, 0) is 46.8 Å². The van der Waals surface area contributed by atoms with E-state index in [9.17, 15) is 9.90 Å². The van der Waals surface area contributed by atoms with Crippen molar-refractivity contribution in [1.29, 1.82) is 0 Å². The number of nitrogens with zero attached hydrogens (tertiary/aromatic N) is 2. The third-order valence-corrected chi connectivity index (χ3v) is 4.70. The summed E-state index contributed by atoms with van der Waals surface area (Å²) >= 11 is 0. The number of carbonyl (C=O) groups is 1. The monoisotopic (exact) mass is 270 g/mol. The van der Waals surface area contributed by atoms with Gasteiger partial charge in [0.1, 0.15) is 0 Å². The van der Waals surface area contributed by atoms with Crippen LogP contribution in [-0.2, 0) is 9.53 Å². The Kier molecular flexibility index (Phi) is 4.81. The van der Waals surface area contributed by atoms with Gasteiger partial charge in [0.2, 0.25) is 0 Å². The molecule has 0 radical (unpaired) electrons. The molecule has 5 heteroatoms. The molecule has 5 nitrogen and oxygen atoms in total. The first-order valence-electron chi connectivity index (χ1n) is 7.27. The summed E-state index contributed by atoms with van der Waals surface area (Å²) < 4.78 is 5.37. The third kappa shape index (κ3) is 3.27. The van der Waals surface area contributed by atoms with Crippen molar-refractivity contribution in [3.63, 3.8) is 0 Å². The number of rotatable bonds is 4. The SMILES string of the molecule is CC(C)N1CCC(N(C)C2COCC2C(=O)O)CC1. The summed E-state index contributed by atoms with van der Waals surface area (Å²) in [5, 5.41) is 9.23. The minimum atomic E-state index is -0.728. The highest BCUT2D eigenvalue weighted by atomic mass is 16.5. The number of carboxylic acid groups (broad SMARTS) is 1. The number of hydrogen-bond acceptors (Lipinski definition) is 4. The Hall–Kier alpha value is -0.650. The predicted molar refractivity (Wildman–Crippen MR) is 73.2 cm³/mol. The maximum atomic E-state index is 11.2. The summed E-state index contributed by atoms with van der Waals surface area (Å²) in [4.78, 5) is 16.0. The molecule has 2 aliphatic rings. The molecule has 2 saturated heterocycles. The van der Waals surface area contributed by atoms with Gasteiger partial charge in [-0.25, -0.2) is 0 Å². The Morgan fingerprint density at radius 3 is 2.47 bits per heavy atom. The van der Waals surface area contributed by atoms with Crippen molar-refractivity contribution in [3.05, 3.63) is 0 Å². The van der Waals surface area contributed by atoms with Gasteiger partial charge in [0.25, 0.3) is 0 Å². The molecule has 0 saturated carbocycles. The molecule has 0 spiro atoms. The molecule has 0 aromatic heterocycles. The molecule has 0 amide bonds. The maximum absolute atomic E-state index is 11.2. The van der Waals surface area contributed by atoms with Crippen molar-refractivity contribution in [2.24, 2.45) is 5.92 Å². The van der Waals surface area contributed by atoms with Gasteiger partial charge in [-0.3, -0.25) is 9.69 Å². The second kappa shape index (κ2) is 6.20. The van der Waals surface area contributed by atoms with Gasteiger partial charge in [-0.15, -0.1) is 0 Å². The van der Waals surface area contributed by atoms with Crippen molar-refractivity contribution in [2.45, 2.75) is 44.8 Å². The second-order valence-electron chi connectivity index (χ2n) is 6.08. The zero-order valence-electron chi connectivity index (χ0n) is 12.2. The smallest absolute Gasteiger partial charge is 0.310 e. The Bertz CT molecular complexity index is 314. The van der Waals surface area contributed by atoms with Crippen LogP contribution in [0.5, 0.6) is 0 Å². The fourth-order valence-electron chi connectivity index (χ4n) is 3.26. The van der Waals surface area contributed by atoms with Crippen LogP contribution < -0.4 is 0 Å². The average Bonchev–Trinajstić information content (AvgIpc) is 2.87. The summed E-state index contributed by atoms with van der Waals surface area (Å²) in [6, 6.07) is 1.13. The number of aliphatic carboxylic acids is 1. The highest BCUT2D eigenvalue weighted by Crippen LogP contribution is 2.25. The van der Waals surface area contributed by atoms with Crippen LogP contribution in [0, 0.1) is 5.92 Å². The van der Waals surface area contributed by atoms with E-state index in [-0.39, 0.29) is 12.0 Å². The molecular formula is C14H26N2O3. The topological polar surface area (TPSA) is 53.0 Å². The molecule has 0 aliphatic carbocycles. The van der Waals surface area contributed by atoms with E-state index in [1.165, 1.54) is 0 Å². The first-order chi connectivity index (χ1) is 9.00. The van der Waals surface area contributed by atoms with Gasteiger partial charge in [0.05, 0.1) is 19.1 Å². The quantitative estimate of drug-likeness (QED) is 0.822. The van der Waals surface area contributed by atoms with Crippen molar-refractivity contribution in [2.75, 3.05) is 33.4 Å². The van der Waals surface area contributed by atoms with E-state index in [1.54, 1.807) is 0 Å². The number of hydrogen-bond donors (Lipinski definition) is 1. The Morgan fingerprint density at radius 2 is 1.95 bits per heavy atom. The molecule has 2 rings (SSSR count). The van der Waals surface area contributed by atoms with Crippen LogP contribution in [-0.4, -0.2) is 72.4 Å². The maximum Gasteiger partial charge on any atom is 0.310 e. The molecule has 0 aromatic rings. The van der Waals surface area contributed by atoms with Crippen LogP contribution in [0.25, 0.3) is 0 Å². The molecule has 0 aromatic carbocycles. The van der Waals surface area contributed by atoms with Gasteiger partial charge >= 0.3 is 5.97 Å². The zero-order chi connectivity index (χ0) is 14.0. The van der Waals surface area contributed by atoms with E-state index in [4.69, 9.17) is 4.74 Å². The van der Waals surface area contributed by atoms with Gasteiger partial charge in [-0.1, -0.05) is 0 Å². The highest BCUT2D eigenvalue weighted by molar-refractivity contribution is 5.71. The molecule has 2 fully saturated rings. The van der Waals surface area contributed by atoms with Crippen LogP contribution in [0.3, 0.4) is 0 Å². The zero-order valence-corrected chi connectivity index (χ0v) is 12.2. The van der Waals surface area contributed by atoms with E-state index in [0.717, 1.165) is 25.9 Å². The number of likely N-dealkylation sites (tertiary alicyclic amines) is 1. The van der Waals surface area contributed by atoms with Crippen LogP contribution >= 0.6 is 0 Å². The van der Waals surface area contributed by atoms with Crippen LogP contribution in [0.2, 0.25) is 0 Å². The summed E-state index contributed by atoms with van der Waals surface area (Å²) in [5.41, 5.74) is 0. The summed E-state index contributed by atoms with van der Waals surface area (Å²) in [7, 11) is 2.06. The Labute approximate surface area is 115 Å². The minimum absolute atomic E-state index is 0.0353. The summed E-state index contributed by atoms with van der Waals surface area (Å²) in [6.45, 7) is 7.59. The largest absolute Gasteiger partial charge is 0.481 e. The second-order valence-corrected chi connectivity index (χ2v) is 6.08. The molecule has 2 unspecified atom stereocenters. The van der Waals surface area contributed by atoms with E-state index >= 15 is 0 Å². The average molecular weight is 270 g/mol. The van der Waals surface area contributed by atoms with Gasteiger partial charge in [-0.2, -0.15) is 0 Å². The normalized spacial score (nSPS) is 30.4. The lowest BCUT2D eigenvalue weighted by molar-refractivity contribution is -0.143. The van der Waals surface area contributed by atoms with Crippen molar-refractivity contribution < 1.29 is 14.6 Å². The highest BCUT2D eigenvalue weighted by Gasteiger charge is 2.39. The van der Waals surface area contributed by atoms with Crippen molar-refractivity contribution in [3.8, 4) is 0 Å². The van der Waals surface area contributed by atoms with E-state index in [2.05, 4.69) is 30.7 Å². The van der Waals surface area contributed by atoms with Crippen LogP contribution in [0.1, 0.15) is 26.7 Å². The van der Waals surface area contributed by atoms with Crippen molar-refractivity contribution >= 4 is 5.97 Å². The van der Waals surface area contributed by atoms with E-state index < -0.39 is 5.97 Å². The number of piperidine rings is 1. The Balaban J connectivity index is 1.90. The first kappa shape index (κ1) is 14.8. The van der Waals surface area contributed by atoms with Gasteiger partial charge in [0.15, 0.2) is 0 Å². The third-order valence-electron chi connectivity index (χ3n) is 4.70. The first-order valence-corrected chi connectivity index (χ1v) is 7.27. The van der Waals surface area contributed by atoms with E-state index in [0.29, 0.717) is 25.3 Å². The molecule has 2 atom stereocenters. The van der Waals surface area contributed by atoms with Gasteiger partial charge < -0.3 is 14.7 Å². The molecule has 19 heavy (non-hydrogen) atoms. The van der Waals surface area contributed by atoms with E-state index in [1.807, 2.05) is 0 Å². The molecule has 2 heterocycles.